The van der Waals surface area contributed by atoms with Gasteiger partial charge in [-0.2, -0.15) is 17.5 Å². The van der Waals surface area contributed by atoms with Gasteiger partial charge in [0.05, 0.1) is 25.7 Å². The minimum atomic E-state index is -5.52. The van der Waals surface area contributed by atoms with E-state index < -0.39 is 28.1 Å². The zero-order chi connectivity index (χ0) is 24.5. The van der Waals surface area contributed by atoms with E-state index in [1.807, 2.05) is 28.8 Å². The van der Waals surface area contributed by atoms with Gasteiger partial charge in [-0.25, -0.2) is 13.4 Å². The van der Waals surface area contributed by atoms with E-state index in [0.717, 1.165) is 25.0 Å². The Balaban J connectivity index is 1.77. The number of aromatic nitrogens is 2. The topological polar surface area (TPSA) is 67.7 Å². The number of benzene rings is 1. The van der Waals surface area contributed by atoms with Gasteiger partial charge in [0.2, 0.25) is 0 Å². The Labute approximate surface area is 198 Å². The minimum absolute atomic E-state index is 0.251. The average molecular weight is 501 g/mol. The summed E-state index contributed by atoms with van der Waals surface area (Å²) < 4.78 is 73.9. The van der Waals surface area contributed by atoms with Crippen LogP contribution in [0.2, 0.25) is 0 Å². The molecule has 2 aliphatic rings. The van der Waals surface area contributed by atoms with Crippen LogP contribution < -0.4 is 9.64 Å². The number of sulfonamides is 1. The molecule has 0 amide bonds. The number of halogens is 3. The van der Waals surface area contributed by atoms with Crippen LogP contribution >= 0.6 is 0 Å². The molecule has 7 nitrogen and oxygen atoms in total. The highest BCUT2D eigenvalue weighted by molar-refractivity contribution is 7.89. The van der Waals surface area contributed by atoms with Gasteiger partial charge in [-0.3, -0.25) is 0 Å². The maximum Gasteiger partial charge on any atom is 0.511 e. The summed E-state index contributed by atoms with van der Waals surface area (Å²) in [4.78, 5) is 6.43. The third-order valence-corrected chi connectivity index (χ3v) is 8.48. The summed E-state index contributed by atoms with van der Waals surface area (Å²) in [6, 6.07) is 4.82. The van der Waals surface area contributed by atoms with Crippen molar-refractivity contribution in [3.63, 3.8) is 0 Å². The molecule has 0 radical (unpaired) electrons. The molecule has 1 saturated carbocycles. The number of imidazole rings is 1. The highest BCUT2D eigenvalue weighted by Crippen LogP contribution is 2.40. The first kappa shape index (κ1) is 24.8. The summed E-state index contributed by atoms with van der Waals surface area (Å²) >= 11 is 0. The molecular formula is C23H31F3N4O3S. The molecule has 0 saturated heterocycles. The van der Waals surface area contributed by atoms with E-state index in [9.17, 15) is 21.6 Å². The van der Waals surface area contributed by atoms with Crippen molar-refractivity contribution in [3.8, 4) is 5.75 Å². The summed E-state index contributed by atoms with van der Waals surface area (Å²) in [7, 11) is -2.23. The maximum absolute atomic E-state index is 13.6. The fraction of sp³-hybridized carbons (Fsp3) is 0.609. The molecule has 34 heavy (non-hydrogen) atoms. The van der Waals surface area contributed by atoms with Crippen molar-refractivity contribution >= 4 is 15.7 Å². The van der Waals surface area contributed by atoms with E-state index in [4.69, 9.17) is 4.74 Å². The number of ether oxygens (including phenoxy) is 1. The summed E-state index contributed by atoms with van der Waals surface area (Å²) in [6.07, 6.45) is 9.55. The van der Waals surface area contributed by atoms with Crippen molar-refractivity contribution in [1.29, 1.82) is 0 Å². The van der Waals surface area contributed by atoms with E-state index in [-0.39, 0.29) is 6.54 Å². The normalized spacial score (nSPS) is 20.4. The molecule has 0 bridgehead atoms. The fourth-order valence-electron chi connectivity index (χ4n) is 5.19. The zero-order valence-corrected chi connectivity index (χ0v) is 20.3. The minimum Gasteiger partial charge on any atom is -0.496 e. The molecule has 1 aromatic heterocycles. The third-order valence-electron chi connectivity index (χ3n) is 6.93. The number of hydrogen-bond donors (Lipinski definition) is 0. The smallest absolute Gasteiger partial charge is 0.496 e. The summed E-state index contributed by atoms with van der Waals surface area (Å²) in [6.45, 7) is -0.296. The Morgan fingerprint density at radius 1 is 1.18 bits per heavy atom. The van der Waals surface area contributed by atoms with Gasteiger partial charge in [-0.05, 0) is 30.9 Å². The highest BCUT2D eigenvalue weighted by Gasteiger charge is 2.51. The second-order valence-corrected chi connectivity index (χ2v) is 11.2. The van der Waals surface area contributed by atoms with Crippen molar-refractivity contribution in [1.82, 2.24) is 13.9 Å². The molecule has 2 aromatic rings. The van der Waals surface area contributed by atoms with Crippen LogP contribution in [-0.2, 0) is 30.2 Å². The number of nitrogens with zero attached hydrogens (tertiary/aromatic N) is 4. The van der Waals surface area contributed by atoms with E-state index in [2.05, 4.69) is 4.98 Å². The first-order chi connectivity index (χ1) is 16.1. The lowest BCUT2D eigenvalue weighted by molar-refractivity contribution is -0.0492. The van der Waals surface area contributed by atoms with E-state index >= 15 is 0 Å². The van der Waals surface area contributed by atoms with Gasteiger partial charge in [0.25, 0.3) is 0 Å². The van der Waals surface area contributed by atoms with Crippen LogP contribution in [0.4, 0.5) is 18.9 Å². The lowest BCUT2D eigenvalue weighted by Gasteiger charge is -2.34. The number of hydrogen-bond acceptors (Lipinski definition) is 5. The molecule has 1 fully saturated rings. The van der Waals surface area contributed by atoms with Crippen LogP contribution in [0.1, 0.15) is 49.8 Å². The lowest BCUT2D eigenvalue weighted by Crippen LogP contribution is -2.47. The molecule has 1 aliphatic heterocycles. The van der Waals surface area contributed by atoms with Crippen molar-refractivity contribution < 1.29 is 26.3 Å². The molecule has 4 rings (SSSR count). The average Bonchev–Trinajstić information content (AvgIpc) is 3.41. The molecule has 1 unspecified atom stereocenters. The monoisotopic (exact) mass is 500 g/mol. The van der Waals surface area contributed by atoms with Gasteiger partial charge in [0.15, 0.2) is 0 Å². The van der Waals surface area contributed by atoms with Gasteiger partial charge < -0.3 is 14.2 Å². The summed E-state index contributed by atoms with van der Waals surface area (Å²) in [5, 5.41) is 0. The Kier molecular flexibility index (Phi) is 7.14. The van der Waals surface area contributed by atoms with Crippen molar-refractivity contribution in [2.45, 2.75) is 63.2 Å². The third kappa shape index (κ3) is 5.05. The van der Waals surface area contributed by atoms with Gasteiger partial charge in [0.1, 0.15) is 5.75 Å². The van der Waals surface area contributed by atoms with Crippen molar-refractivity contribution in [3.05, 3.63) is 42.0 Å². The largest absolute Gasteiger partial charge is 0.511 e. The summed E-state index contributed by atoms with van der Waals surface area (Å²) in [5.74, 6) is 0.889. The van der Waals surface area contributed by atoms with Gasteiger partial charge in [0, 0.05) is 43.6 Å². The number of alkyl halides is 3. The van der Waals surface area contributed by atoms with Crippen molar-refractivity contribution in [2.75, 3.05) is 18.6 Å². The van der Waals surface area contributed by atoms with Gasteiger partial charge >= 0.3 is 15.5 Å². The zero-order valence-electron chi connectivity index (χ0n) is 19.5. The second-order valence-electron chi connectivity index (χ2n) is 9.24. The van der Waals surface area contributed by atoms with Crippen LogP contribution in [0.3, 0.4) is 0 Å². The van der Waals surface area contributed by atoms with Crippen LogP contribution in [0, 0.1) is 5.92 Å². The van der Waals surface area contributed by atoms with E-state index in [1.165, 1.54) is 20.0 Å². The van der Waals surface area contributed by atoms with E-state index in [1.54, 1.807) is 18.5 Å². The molecule has 0 spiro atoms. The lowest BCUT2D eigenvalue weighted by atomic mass is 9.97. The van der Waals surface area contributed by atoms with Crippen LogP contribution in [0.5, 0.6) is 5.75 Å². The molecule has 188 valence electrons. The second kappa shape index (κ2) is 9.77. The van der Waals surface area contributed by atoms with Crippen LogP contribution in [0.25, 0.3) is 0 Å². The molecule has 1 aliphatic carbocycles. The van der Waals surface area contributed by atoms with Gasteiger partial charge in [-0.1, -0.05) is 31.7 Å². The van der Waals surface area contributed by atoms with Crippen molar-refractivity contribution in [2.24, 2.45) is 13.0 Å². The summed E-state index contributed by atoms with van der Waals surface area (Å²) in [5.41, 5.74) is -3.51. The molecule has 11 heteroatoms. The SMILES string of the molecule is COc1cccc2c1CN(S(=O)(=O)C(F)(F)F)CC(CCC1CCCC1)N2Cc1cn(C)cn1. The number of methoxy groups -OCH3 is 1. The number of anilines is 1. The Morgan fingerprint density at radius 2 is 1.91 bits per heavy atom. The maximum atomic E-state index is 13.6. The molecule has 1 aromatic carbocycles. The Bertz CT molecular complexity index is 1100. The number of aryl methyl sites for hydroxylation is 1. The molecule has 2 heterocycles. The predicted octanol–water partition coefficient (Wildman–Crippen LogP) is 4.44. The standard InChI is InChI=1S/C23H31F3N4O3S/c1-28-12-18(27-16-28)13-30-19(11-10-17-6-3-4-7-17)14-29(34(31,32)23(24,25)26)15-20-21(30)8-5-9-22(20)33-2/h5,8-9,12,16-17,19H,3-4,6-7,10-11,13-15H2,1-2H3. The quantitative estimate of drug-likeness (QED) is 0.562. The molecule has 1 atom stereocenters. The van der Waals surface area contributed by atoms with Gasteiger partial charge in [-0.15, -0.1) is 0 Å². The Morgan fingerprint density at radius 3 is 2.53 bits per heavy atom. The number of fused-ring (bicyclic) bond motifs is 1. The van der Waals surface area contributed by atoms with Crippen LogP contribution in [0.15, 0.2) is 30.7 Å². The molecule has 0 N–H and O–H groups in total. The van der Waals surface area contributed by atoms with Crippen LogP contribution in [-0.4, -0.2) is 47.5 Å². The fourth-order valence-corrected chi connectivity index (χ4v) is 6.15. The van der Waals surface area contributed by atoms with E-state index in [0.29, 0.717) is 40.2 Å². The predicted molar refractivity (Wildman–Crippen MR) is 123 cm³/mol. The number of rotatable bonds is 7. The molecular weight excluding hydrogens is 469 g/mol. The Hall–Kier alpha value is -2.27. The highest BCUT2D eigenvalue weighted by atomic mass is 32.2. The first-order valence-electron chi connectivity index (χ1n) is 11.6. The first-order valence-corrected chi connectivity index (χ1v) is 13.0.